The van der Waals surface area contributed by atoms with Crippen LogP contribution in [0.25, 0.3) is 0 Å². The smallest absolute Gasteiger partial charge is 0.246 e. The number of nitrogens with one attached hydrogen (secondary N) is 1. The molecule has 1 atom stereocenters. The Hall–Kier alpha value is -0.650. The Kier molecular flexibility index (Phi) is 12.3. The fraction of sp³-hybridized carbons (Fsp3) is 0.950. The standard InChI is InChI=1S/C20H42N2O3/c1-7-8-9-10-11-17(2)24-16-18(23)22-19(3,4)13-15-25-20(5,6)12-14-21/h17H,7-16,21H2,1-6H3,(H,22,23). The first-order valence-corrected chi connectivity index (χ1v) is 9.88. The molecule has 150 valence electrons. The van der Waals surface area contributed by atoms with Crippen molar-refractivity contribution in [3.05, 3.63) is 0 Å². The number of nitrogens with two attached hydrogens (primary N) is 1. The molecule has 0 aliphatic heterocycles. The number of amides is 1. The van der Waals surface area contributed by atoms with Crippen molar-refractivity contribution in [2.75, 3.05) is 19.8 Å². The molecule has 0 aliphatic carbocycles. The maximum atomic E-state index is 12.1. The van der Waals surface area contributed by atoms with Gasteiger partial charge < -0.3 is 20.5 Å². The topological polar surface area (TPSA) is 73.6 Å². The molecule has 0 heterocycles. The number of ether oxygens (including phenoxy) is 2. The first-order valence-electron chi connectivity index (χ1n) is 9.88. The highest BCUT2D eigenvalue weighted by Gasteiger charge is 2.23. The second-order valence-corrected chi connectivity index (χ2v) is 8.30. The minimum atomic E-state index is -0.316. The van der Waals surface area contributed by atoms with E-state index in [0.29, 0.717) is 13.2 Å². The maximum absolute atomic E-state index is 12.1. The Balaban J connectivity index is 3.98. The van der Waals surface area contributed by atoms with Crippen LogP contribution in [0.4, 0.5) is 0 Å². The normalized spacial score (nSPS) is 13.7. The van der Waals surface area contributed by atoms with Crippen LogP contribution < -0.4 is 11.1 Å². The van der Waals surface area contributed by atoms with Gasteiger partial charge in [0.2, 0.25) is 5.91 Å². The highest BCUT2D eigenvalue weighted by atomic mass is 16.5. The summed E-state index contributed by atoms with van der Waals surface area (Å²) in [5.74, 6) is -0.0633. The Bertz CT molecular complexity index is 357. The van der Waals surface area contributed by atoms with E-state index >= 15 is 0 Å². The van der Waals surface area contributed by atoms with E-state index in [1.807, 2.05) is 34.6 Å². The average Bonchev–Trinajstić information content (AvgIpc) is 2.48. The van der Waals surface area contributed by atoms with Crippen molar-refractivity contribution in [2.24, 2.45) is 5.73 Å². The van der Waals surface area contributed by atoms with Gasteiger partial charge in [0.15, 0.2) is 0 Å². The van der Waals surface area contributed by atoms with Crippen LogP contribution in [-0.4, -0.2) is 42.9 Å². The van der Waals surface area contributed by atoms with Crippen molar-refractivity contribution in [1.29, 1.82) is 0 Å². The minimum Gasteiger partial charge on any atom is -0.375 e. The number of carbonyl (C=O) groups is 1. The molecule has 0 rings (SSSR count). The van der Waals surface area contributed by atoms with E-state index < -0.39 is 0 Å². The molecule has 0 bridgehead atoms. The van der Waals surface area contributed by atoms with Crippen molar-refractivity contribution in [3.63, 3.8) is 0 Å². The van der Waals surface area contributed by atoms with Crippen molar-refractivity contribution < 1.29 is 14.3 Å². The fourth-order valence-corrected chi connectivity index (χ4v) is 2.64. The third-order valence-corrected chi connectivity index (χ3v) is 4.41. The van der Waals surface area contributed by atoms with Crippen LogP contribution in [-0.2, 0) is 14.3 Å². The Labute approximate surface area is 155 Å². The molecule has 0 spiro atoms. The predicted molar refractivity (Wildman–Crippen MR) is 105 cm³/mol. The predicted octanol–water partition coefficient (Wildman–Crippen LogP) is 3.79. The summed E-state index contributed by atoms with van der Waals surface area (Å²) in [6, 6.07) is 0. The molecular formula is C20H42N2O3. The van der Waals surface area contributed by atoms with Crippen LogP contribution in [0, 0.1) is 0 Å². The van der Waals surface area contributed by atoms with Gasteiger partial charge in [-0.3, -0.25) is 4.79 Å². The summed E-state index contributed by atoms with van der Waals surface area (Å²) in [6.45, 7) is 13.7. The summed E-state index contributed by atoms with van der Waals surface area (Å²) in [4.78, 5) is 12.1. The van der Waals surface area contributed by atoms with Crippen LogP contribution in [0.1, 0.15) is 86.5 Å². The van der Waals surface area contributed by atoms with Crippen LogP contribution in [0.3, 0.4) is 0 Å². The monoisotopic (exact) mass is 358 g/mol. The van der Waals surface area contributed by atoms with Crippen LogP contribution in [0.15, 0.2) is 0 Å². The first kappa shape index (κ1) is 24.4. The largest absolute Gasteiger partial charge is 0.375 e. The third kappa shape index (κ3) is 14.2. The zero-order chi connectivity index (χ0) is 19.3. The van der Waals surface area contributed by atoms with Gasteiger partial charge >= 0.3 is 0 Å². The number of unbranched alkanes of at least 4 members (excludes halogenated alkanes) is 3. The lowest BCUT2D eigenvalue weighted by molar-refractivity contribution is -0.129. The molecule has 5 heteroatoms. The summed E-state index contributed by atoms with van der Waals surface area (Å²) in [7, 11) is 0. The van der Waals surface area contributed by atoms with Crippen LogP contribution >= 0.6 is 0 Å². The third-order valence-electron chi connectivity index (χ3n) is 4.41. The molecular weight excluding hydrogens is 316 g/mol. The van der Waals surface area contributed by atoms with Crippen molar-refractivity contribution in [3.8, 4) is 0 Å². The summed E-state index contributed by atoms with van der Waals surface area (Å²) in [5, 5.41) is 3.04. The lowest BCUT2D eigenvalue weighted by Crippen LogP contribution is -2.46. The summed E-state index contributed by atoms with van der Waals surface area (Å²) < 4.78 is 11.6. The molecule has 0 radical (unpaired) electrons. The molecule has 25 heavy (non-hydrogen) atoms. The second-order valence-electron chi connectivity index (χ2n) is 8.30. The van der Waals surface area contributed by atoms with Gasteiger partial charge in [0.25, 0.3) is 0 Å². The molecule has 0 aromatic heterocycles. The lowest BCUT2D eigenvalue weighted by Gasteiger charge is -2.30. The van der Waals surface area contributed by atoms with E-state index in [-0.39, 0.29) is 29.8 Å². The molecule has 1 amide bonds. The van der Waals surface area contributed by atoms with E-state index in [2.05, 4.69) is 12.2 Å². The van der Waals surface area contributed by atoms with Gasteiger partial charge in [0.1, 0.15) is 6.61 Å². The second kappa shape index (κ2) is 12.7. The van der Waals surface area contributed by atoms with Gasteiger partial charge in [-0.25, -0.2) is 0 Å². The van der Waals surface area contributed by atoms with E-state index in [9.17, 15) is 4.79 Å². The van der Waals surface area contributed by atoms with Crippen LogP contribution in [0.2, 0.25) is 0 Å². The molecule has 0 saturated carbocycles. The highest BCUT2D eigenvalue weighted by molar-refractivity contribution is 5.77. The molecule has 0 fully saturated rings. The number of hydrogen-bond acceptors (Lipinski definition) is 4. The van der Waals surface area contributed by atoms with Gasteiger partial charge in [-0.15, -0.1) is 0 Å². The molecule has 0 aliphatic rings. The molecule has 3 N–H and O–H groups in total. The number of carbonyl (C=O) groups excluding carboxylic acids is 1. The quantitative estimate of drug-likeness (QED) is 0.437. The van der Waals surface area contributed by atoms with E-state index in [4.69, 9.17) is 15.2 Å². The Morgan fingerprint density at radius 2 is 1.80 bits per heavy atom. The molecule has 0 aromatic rings. The Morgan fingerprint density at radius 1 is 1.12 bits per heavy atom. The van der Waals surface area contributed by atoms with Gasteiger partial charge in [-0.05, 0) is 60.4 Å². The van der Waals surface area contributed by atoms with Crippen molar-refractivity contribution in [1.82, 2.24) is 5.32 Å². The lowest BCUT2D eigenvalue weighted by atomic mass is 10.0. The van der Waals surface area contributed by atoms with E-state index in [0.717, 1.165) is 25.7 Å². The van der Waals surface area contributed by atoms with Crippen molar-refractivity contribution >= 4 is 5.91 Å². The SMILES string of the molecule is CCCCCCC(C)OCC(=O)NC(C)(C)CCOC(C)(C)CCN. The van der Waals surface area contributed by atoms with E-state index in [1.54, 1.807) is 0 Å². The Morgan fingerprint density at radius 3 is 2.40 bits per heavy atom. The van der Waals surface area contributed by atoms with Gasteiger partial charge in [-0.1, -0.05) is 32.6 Å². The molecule has 0 aromatic carbocycles. The fourth-order valence-electron chi connectivity index (χ4n) is 2.64. The van der Waals surface area contributed by atoms with Gasteiger partial charge in [0.05, 0.1) is 11.7 Å². The minimum absolute atomic E-state index is 0.0633. The zero-order valence-corrected chi connectivity index (χ0v) is 17.5. The summed E-state index contributed by atoms with van der Waals surface area (Å²) >= 11 is 0. The number of hydrogen-bond donors (Lipinski definition) is 2. The summed E-state index contributed by atoms with van der Waals surface area (Å²) in [6.07, 6.45) is 7.63. The van der Waals surface area contributed by atoms with Crippen molar-refractivity contribution in [2.45, 2.75) is 104 Å². The zero-order valence-electron chi connectivity index (χ0n) is 17.5. The van der Waals surface area contributed by atoms with Gasteiger partial charge in [0, 0.05) is 12.1 Å². The molecule has 0 saturated heterocycles. The first-order chi connectivity index (χ1) is 11.6. The van der Waals surface area contributed by atoms with E-state index in [1.165, 1.54) is 19.3 Å². The maximum Gasteiger partial charge on any atom is 0.246 e. The van der Waals surface area contributed by atoms with Gasteiger partial charge in [-0.2, -0.15) is 0 Å². The van der Waals surface area contributed by atoms with Crippen LogP contribution in [0.5, 0.6) is 0 Å². The molecule has 5 nitrogen and oxygen atoms in total. The average molecular weight is 359 g/mol. The number of rotatable bonds is 15. The molecule has 1 unspecified atom stereocenters. The highest BCUT2D eigenvalue weighted by Crippen LogP contribution is 2.16. The summed E-state index contributed by atoms with van der Waals surface area (Å²) in [5.41, 5.74) is 5.06.